The minimum Gasteiger partial charge on any atom is -0.420 e. The molecule has 0 spiro atoms. The minimum atomic E-state index is -5.40. The highest BCUT2D eigenvalue weighted by molar-refractivity contribution is 5.98. The highest BCUT2D eigenvalue weighted by atomic mass is 19.4. The number of hydrogen-bond acceptors (Lipinski definition) is 5. The van der Waals surface area contributed by atoms with Gasteiger partial charge in [-0.3, -0.25) is 4.79 Å². The monoisotopic (exact) mass is 344 g/mol. The van der Waals surface area contributed by atoms with E-state index in [9.17, 15) is 40.7 Å². The van der Waals surface area contributed by atoms with Crippen LogP contribution in [0.15, 0.2) is 18.2 Å². The molecule has 23 heavy (non-hydrogen) atoms. The Labute approximate surface area is 123 Å². The number of halogens is 6. The molecule has 1 aromatic carbocycles. The Morgan fingerprint density at radius 3 is 1.78 bits per heavy atom. The van der Waals surface area contributed by atoms with Crippen LogP contribution >= 0.6 is 0 Å². The van der Waals surface area contributed by atoms with Gasteiger partial charge < -0.3 is 9.47 Å². The molecule has 0 aliphatic heterocycles. The average Bonchev–Trinajstić information content (AvgIpc) is 2.36. The van der Waals surface area contributed by atoms with E-state index in [0.717, 1.165) is 19.1 Å². The predicted octanol–water partition coefficient (Wildman–Crippen LogP) is 2.82. The van der Waals surface area contributed by atoms with Crippen LogP contribution in [-0.2, 0) is 9.59 Å². The Balaban J connectivity index is 3.16. The van der Waals surface area contributed by atoms with E-state index >= 15 is 0 Å². The molecule has 5 nitrogen and oxygen atoms in total. The lowest BCUT2D eigenvalue weighted by molar-refractivity contribution is -0.190. The summed E-state index contributed by atoms with van der Waals surface area (Å²) in [6.07, 6.45) is -10.7. The van der Waals surface area contributed by atoms with Crippen LogP contribution in [-0.4, -0.2) is 30.1 Å². The van der Waals surface area contributed by atoms with Crippen molar-refractivity contribution in [3.63, 3.8) is 0 Å². The average molecular weight is 344 g/mol. The van der Waals surface area contributed by atoms with E-state index in [1.165, 1.54) is 0 Å². The van der Waals surface area contributed by atoms with Crippen molar-refractivity contribution < 1.29 is 50.2 Å². The third-order valence-corrected chi connectivity index (χ3v) is 2.21. The van der Waals surface area contributed by atoms with E-state index in [2.05, 4.69) is 9.47 Å². The van der Waals surface area contributed by atoms with Gasteiger partial charge in [-0.1, -0.05) is 0 Å². The fraction of sp³-hybridized carbons (Fsp3) is 0.250. The summed E-state index contributed by atoms with van der Waals surface area (Å²) in [6.45, 7) is 0.918. The second-order valence-corrected chi connectivity index (χ2v) is 3.99. The Hall–Kier alpha value is -2.59. The van der Waals surface area contributed by atoms with E-state index in [-0.39, 0.29) is 0 Å². The molecule has 0 atom stereocenters. The molecule has 0 aliphatic carbocycles. The fourth-order valence-electron chi connectivity index (χ4n) is 1.26. The van der Waals surface area contributed by atoms with Crippen LogP contribution in [0.4, 0.5) is 26.3 Å². The topological polar surface area (TPSA) is 69.7 Å². The van der Waals surface area contributed by atoms with Gasteiger partial charge >= 0.3 is 24.3 Å². The van der Waals surface area contributed by atoms with Crippen molar-refractivity contribution >= 4 is 17.7 Å². The molecule has 0 heterocycles. The van der Waals surface area contributed by atoms with Gasteiger partial charge in [-0.15, -0.1) is 0 Å². The number of benzene rings is 1. The maximum atomic E-state index is 12.1. The lowest BCUT2D eigenvalue weighted by Crippen LogP contribution is -2.29. The lowest BCUT2D eigenvalue weighted by Gasteiger charge is -2.12. The summed E-state index contributed by atoms with van der Waals surface area (Å²) in [5, 5.41) is 0. The summed E-state index contributed by atoms with van der Waals surface area (Å²) < 4.78 is 80.4. The van der Waals surface area contributed by atoms with Crippen LogP contribution in [0.2, 0.25) is 0 Å². The van der Waals surface area contributed by atoms with Crippen molar-refractivity contribution in [2.24, 2.45) is 0 Å². The predicted molar refractivity (Wildman–Crippen MR) is 59.8 cm³/mol. The normalized spacial score (nSPS) is 11.8. The quantitative estimate of drug-likeness (QED) is 0.365. The van der Waals surface area contributed by atoms with Crippen LogP contribution in [0, 0.1) is 0 Å². The van der Waals surface area contributed by atoms with Crippen molar-refractivity contribution in [1.82, 2.24) is 0 Å². The first-order chi connectivity index (χ1) is 10.3. The van der Waals surface area contributed by atoms with Crippen LogP contribution in [0.3, 0.4) is 0 Å². The lowest BCUT2D eigenvalue weighted by atomic mass is 10.1. The van der Waals surface area contributed by atoms with Crippen LogP contribution in [0.5, 0.6) is 11.5 Å². The first-order valence-corrected chi connectivity index (χ1v) is 5.55. The Kier molecular flexibility index (Phi) is 5.03. The molecule has 0 amide bonds. The van der Waals surface area contributed by atoms with E-state index in [1.807, 2.05) is 0 Å². The molecule has 0 unspecified atom stereocenters. The molecule has 0 saturated carbocycles. The Morgan fingerprint density at radius 2 is 1.35 bits per heavy atom. The van der Waals surface area contributed by atoms with Gasteiger partial charge in [-0.2, -0.15) is 26.3 Å². The number of ketones is 1. The zero-order valence-corrected chi connectivity index (χ0v) is 11.0. The van der Waals surface area contributed by atoms with Gasteiger partial charge in [0.2, 0.25) is 0 Å². The second-order valence-electron chi connectivity index (χ2n) is 3.99. The molecule has 1 aromatic rings. The number of rotatable bonds is 3. The molecule has 0 aromatic heterocycles. The standard InChI is InChI=1S/C12H6F6O5/c1-5(19)7-3-2-6(22-9(20)11(13,14)15)4-8(7)23-10(21)12(16,17)18/h2-4H,1H3. The third kappa shape index (κ3) is 4.97. The number of carbonyl (C=O) groups excluding carboxylic acids is 3. The molecule has 126 valence electrons. The van der Waals surface area contributed by atoms with Crippen LogP contribution in [0.1, 0.15) is 17.3 Å². The van der Waals surface area contributed by atoms with Crippen molar-refractivity contribution in [2.45, 2.75) is 19.3 Å². The summed E-state index contributed by atoms with van der Waals surface area (Å²) in [5.74, 6) is -8.02. The summed E-state index contributed by atoms with van der Waals surface area (Å²) in [6, 6.07) is 1.87. The largest absolute Gasteiger partial charge is 0.491 e. The molecule has 0 radical (unpaired) electrons. The molecule has 0 fully saturated rings. The van der Waals surface area contributed by atoms with Crippen molar-refractivity contribution in [3.8, 4) is 11.5 Å². The Bertz CT molecular complexity index is 646. The third-order valence-electron chi connectivity index (χ3n) is 2.21. The molecule has 11 heteroatoms. The number of hydrogen-bond donors (Lipinski definition) is 0. The summed E-state index contributed by atoms with van der Waals surface area (Å²) >= 11 is 0. The highest BCUT2D eigenvalue weighted by Gasteiger charge is 2.43. The fourth-order valence-corrected chi connectivity index (χ4v) is 1.26. The van der Waals surface area contributed by atoms with Crippen molar-refractivity contribution in [1.29, 1.82) is 0 Å². The molecule has 0 bridgehead atoms. The van der Waals surface area contributed by atoms with E-state index in [1.54, 1.807) is 0 Å². The smallest absolute Gasteiger partial charge is 0.420 e. The van der Waals surface area contributed by atoms with Gasteiger partial charge in [0.25, 0.3) is 0 Å². The highest BCUT2D eigenvalue weighted by Crippen LogP contribution is 2.29. The number of carbonyl (C=O) groups is 3. The SMILES string of the molecule is CC(=O)c1ccc(OC(=O)C(F)(F)F)cc1OC(=O)C(F)(F)F. The summed E-state index contributed by atoms with van der Waals surface area (Å²) in [5.41, 5.74) is -0.519. The molecule has 0 saturated heterocycles. The molecule has 1 rings (SSSR count). The van der Waals surface area contributed by atoms with Gasteiger partial charge in [-0.25, -0.2) is 9.59 Å². The van der Waals surface area contributed by atoms with E-state index in [0.29, 0.717) is 6.07 Å². The Morgan fingerprint density at radius 1 is 0.870 bits per heavy atom. The summed E-state index contributed by atoms with van der Waals surface area (Å²) in [4.78, 5) is 32.6. The number of ether oxygens (including phenoxy) is 2. The number of Topliss-reactive ketones (excluding diaryl/α,β-unsaturated/α-hetero) is 1. The van der Waals surface area contributed by atoms with E-state index < -0.39 is 47.1 Å². The van der Waals surface area contributed by atoms with Gasteiger partial charge in [0.15, 0.2) is 5.78 Å². The zero-order chi connectivity index (χ0) is 18.0. The number of alkyl halides is 6. The summed E-state index contributed by atoms with van der Waals surface area (Å²) in [7, 11) is 0. The van der Waals surface area contributed by atoms with Gasteiger partial charge in [0.1, 0.15) is 11.5 Å². The minimum absolute atomic E-state index is 0.393. The molecule has 0 aliphatic rings. The van der Waals surface area contributed by atoms with Crippen LogP contribution in [0.25, 0.3) is 0 Å². The van der Waals surface area contributed by atoms with Gasteiger partial charge in [-0.05, 0) is 19.1 Å². The van der Waals surface area contributed by atoms with Crippen molar-refractivity contribution in [3.05, 3.63) is 23.8 Å². The van der Waals surface area contributed by atoms with Crippen molar-refractivity contribution in [2.75, 3.05) is 0 Å². The molecular weight excluding hydrogens is 338 g/mol. The maximum Gasteiger partial charge on any atom is 0.491 e. The maximum absolute atomic E-state index is 12.1. The zero-order valence-electron chi connectivity index (χ0n) is 11.0. The first-order valence-electron chi connectivity index (χ1n) is 5.55. The second kappa shape index (κ2) is 6.26. The first kappa shape index (κ1) is 18.5. The van der Waals surface area contributed by atoms with Gasteiger partial charge in [0.05, 0.1) is 5.56 Å². The van der Waals surface area contributed by atoms with Gasteiger partial charge in [0, 0.05) is 6.07 Å². The molecule has 0 N–H and O–H groups in total. The van der Waals surface area contributed by atoms with Crippen LogP contribution < -0.4 is 9.47 Å². The van der Waals surface area contributed by atoms with E-state index in [4.69, 9.17) is 0 Å². The molecular formula is C12H6F6O5. The number of esters is 2.